The molecule has 1 fully saturated rings. The van der Waals surface area contributed by atoms with Gasteiger partial charge in [-0.05, 0) is 95.4 Å². The summed E-state index contributed by atoms with van der Waals surface area (Å²) >= 11 is 2.77. The highest BCUT2D eigenvalue weighted by molar-refractivity contribution is 14.1. The molecule has 12 nitrogen and oxygen atoms in total. The smallest absolute Gasteiger partial charge is 0.339 e. The van der Waals surface area contributed by atoms with Gasteiger partial charge in [-0.2, -0.15) is 8.42 Å². The summed E-state index contributed by atoms with van der Waals surface area (Å²) in [7, 11) is -3.19. The molecule has 1 heterocycles. The Morgan fingerprint density at radius 2 is 1.80 bits per heavy atom. The van der Waals surface area contributed by atoms with Crippen LogP contribution in [0, 0.1) is 20.6 Å². The lowest BCUT2D eigenvalue weighted by Crippen LogP contribution is -2.36. The van der Waals surface area contributed by atoms with E-state index in [4.69, 9.17) is 8.92 Å². The van der Waals surface area contributed by atoms with Gasteiger partial charge in [-0.15, -0.1) is 0 Å². The number of nitro benzene ring substituents is 1. The number of aryl methyl sites for hydroxylation is 1. The van der Waals surface area contributed by atoms with Crippen LogP contribution in [0.4, 0.5) is 16.2 Å². The van der Waals surface area contributed by atoms with E-state index in [1.807, 2.05) is 0 Å². The third kappa shape index (κ3) is 7.04. The quantitative estimate of drug-likeness (QED) is 0.106. The summed E-state index contributed by atoms with van der Waals surface area (Å²) in [5, 5.41) is 13.2. The maximum atomic E-state index is 12.9. The zero-order valence-electron chi connectivity index (χ0n) is 21.3. The molecule has 212 valence electrons. The number of halogens is 1. The highest BCUT2D eigenvalue weighted by atomic mass is 127. The van der Waals surface area contributed by atoms with Crippen molar-refractivity contribution in [3.63, 3.8) is 0 Å². The molecule has 3 amide bonds. The summed E-state index contributed by atoms with van der Waals surface area (Å²) in [5.41, 5.74) is 0.812. The lowest BCUT2D eigenvalue weighted by atomic mass is 10.2. The van der Waals surface area contributed by atoms with Crippen molar-refractivity contribution in [2.45, 2.75) is 11.8 Å². The number of rotatable bonds is 9. The van der Waals surface area contributed by atoms with E-state index in [-0.39, 0.29) is 27.7 Å². The molecule has 0 aliphatic carbocycles. The van der Waals surface area contributed by atoms with Gasteiger partial charge in [0.15, 0.2) is 11.5 Å². The van der Waals surface area contributed by atoms with Crippen molar-refractivity contribution in [1.82, 2.24) is 4.90 Å². The van der Waals surface area contributed by atoms with Crippen LogP contribution in [0.2, 0.25) is 0 Å². The molecular weight excluding hydrogens is 689 g/mol. The number of thioether (sulfide) groups is 1. The maximum absolute atomic E-state index is 12.9. The molecule has 15 heteroatoms. The Morgan fingerprint density at radius 3 is 2.46 bits per heavy atom. The second-order valence-corrected chi connectivity index (χ2v) is 12.3. The molecule has 3 aromatic carbocycles. The third-order valence-corrected chi connectivity index (χ3v) is 8.51. The largest absolute Gasteiger partial charge is 0.493 e. The van der Waals surface area contributed by atoms with Gasteiger partial charge in [0.05, 0.1) is 16.9 Å². The van der Waals surface area contributed by atoms with Crippen LogP contribution >= 0.6 is 34.4 Å². The van der Waals surface area contributed by atoms with Gasteiger partial charge in [-0.25, -0.2) is 0 Å². The molecule has 1 aliphatic heterocycles. The predicted molar refractivity (Wildman–Crippen MR) is 159 cm³/mol. The molecule has 1 aliphatic rings. The van der Waals surface area contributed by atoms with Gasteiger partial charge in [-0.3, -0.25) is 29.4 Å². The summed E-state index contributed by atoms with van der Waals surface area (Å²) in [6.45, 7) is 1.00. The van der Waals surface area contributed by atoms with Crippen LogP contribution in [0.1, 0.15) is 11.1 Å². The van der Waals surface area contributed by atoms with Gasteiger partial charge in [0.1, 0.15) is 11.4 Å². The van der Waals surface area contributed by atoms with Crippen molar-refractivity contribution < 1.29 is 36.6 Å². The topological polar surface area (TPSA) is 162 Å². The van der Waals surface area contributed by atoms with Crippen LogP contribution in [0.5, 0.6) is 11.5 Å². The van der Waals surface area contributed by atoms with Crippen LogP contribution in [0.15, 0.2) is 70.5 Å². The van der Waals surface area contributed by atoms with Gasteiger partial charge in [0, 0.05) is 20.9 Å². The van der Waals surface area contributed by atoms with Gasteiger partial charge < -0.3 is 14.2 Å². The van der Waals surface area contributed by atoms with Crippen molar-refractivity contribution in [2.24, 2.45) is 0 Å². The van der Waals surface area contributed by atoms with Gasteiger partial charge in [-0.1, -0.05) is 12.1 Å². The lowest BCUT2D eigenvalue weighted by Gasteiger charge is -2.13. The fourth-order valence-electron chi connectivity index (χ4n) is 3.62. The van der Waals surface area contributed by atoms with Crippen molar-refractivity contribution in [3.8, 4) is 11.5 Å². The number of nitro groups is 1. The fourth-order valence-corrected chi connectivity index (χ4v) is 5.77. The number of ether oxygens (including phenoxy) is 1. The average Bonchev–Trinajstić information content (AvgIpc) is 3.17. The number of anilines is 1. The standard InChI is InChI=1S/C26H20IN3O9S2/c1-15-3-9-19(13-20(15)30(34)35)41(36,37)39-21-10-4-16(11-22(21)38-2)12-23-25(32)29(26(33)40-23)14-24(31)28-18-7-5-17(27)6-8-18/h3-13H,14H2,1-2H3,(H,28,31)/b23-12-. The van der Waals surface area contributed by atoms with Gasteiger partial charge >= 0.3 is 10.1 Å². The van der Waals surface area contributed by atoms with E-state index in [2.05, 4.69) is 27.9 Å². The van der Waals surface area contributed by atoms with Crippen molar-refractivity contribution in [1.29, 1.82) is 0 Å². The molecular formula is C26H20IN3O9S2. The molecule has 1 N–H and O–H groups in total. The Labute approximate surface area is 252 Å². The minimum atomic E-state index is -4.46. The normalized spacial score (nSPS) is 14.3. The number of benzene rings is 3. The molecule has 0 atom stereocenters. The lowest BCUT2D eigenvalue weighted by molar-refractivity contribution is -0.385. The Hall–Kier alpha value is -3.96. The van der Waals surface area contributed by atoms with Crippen LogP contribution < -0.4 is 14.2 Å². The number of nitrogens with zero attached hydrogens (tertiary/aromatic N) is 2. The zero-order valence-corrected chi connectivity index (χ0v) is 25.1. The monoisotopic (exact) mass is 709 g/mol. The second kappa shape index (κ2) is 12.3. The van der Waals surface area contributed by atoms with E-state index < -0.39 is 43.5 Å². The van der Waals surface area contributed by atoms with Crippen LogP contribution in [-0.2, 0) is 19.7 Å². The van der Waals surface area contributed by atoms with Gasteiger partial charge in [0.2, 0.25) is 5.91 Å². The summed E-state index contributed by atoms with van der Waals surface area (Å²) in [5.74, 6) is -1.42. The first-order valence-corrected chi connectivity index (χ1v) is 14.9. The number of methoxy groups -OCH3 is 1. The van der Waals surface area contributed by atoms with Crippen LogP contribution in [0.3, 0.4) is 0 Å². The molecule has 0 radical (unpaired) electrons. The van der Waals surface area contributed by atoms with E-state index >= 15 is 0 Å². The molecule has 0 saturated carbocycles. The molecule has 0 spiro atoms. The Morgan fingerprint density at radius 1 is 1.10 bits per heavy atom. The number of imide groups is 1. The first-order valence-electron chi connectivity index (χ1n) is 11.6. The number of amides is 3. The highest BCUT2D eigenvalue weighted by Crippen LogP contribution is 2.36. The maximum Gasteiger partial charge on any atom is 0.339 e. The molecule has 1 saturated heterocycles. The van der Waals surface area contributed by atoms with Crippen LogP contribution in [-0.4, -0.2) is 48.9 Å². The van der Waals surface area contributed by atoms with E-state index in [0.717, 1.165) is 14.5 Å². The minimum absolute atomic E-state index is 0.0138. The Balaban J connectivity index is 1.50. The summed E-state index contributed by atoms with van der Waals surface area (Å²) in [6.07, 6.45) is 1.39. The zero-order chi connectivity index (χ0) is 29.9. The number of hydrogen-bond donors (Lipinski definition) is 1. The second-order valence-electron chi connectivity index (χ2n) is 8.48. The number of carbonyl (C=O) groups excluding carboxylic acids is 3. The first kappa shape index (κ1) is 30.0. The summed E-state index contributed by atoms with van der Waals surface area (Å²) in [6, 6.07) is 14.5. The third-order valence-electron chi connectivity index (χ3n) is 5.65. The SMILES string of the molecule is COc1cc(/C=C2\SC(=O)N(CC(=O)Nc3ccc(I)cc3)C2=O)ccc1OS(=O)(=O)c1ccc(C)c([N+](=O)[O-])c1. The predicted octanol–water partition coefficient (Wildman–Crippen LogP) is 4.96. The van der Waals surface area contributed by atoms with Crippen molar-refractivity contribution >= 4 is 79.0 Å². The molecule has 0 unspecified atom stereocenters. The number of carbonyl (C=O) groups is 3. The van der Waals surface area contributed by atoms with Gasteiger partial charge in [0.25, 0.3) is 16.8 Å². The van der Waals surface area contributed by atoms with E-state index in [1.54, 1.807) is 24.3 Å². The molecule has 41 heavy (non-hydrogen) atoms. The van der Waals surface area contributed by atoms with E-state index in [0.29, 0.717) is 23.0 Å². The molecule has 0 aromatic heterocycles. The fraction of sp³-hybridized carbons (Fsp3) is 0.115. The minimum Gasteiger partial charge on any atom is -0.493 e. The van der Waals surface area contributed by atoms with Crippen molar-refractivity contribution in [2.75, 3.05) is 19.0 Å². The number of hydrogen-bond acceptors (Lipinski definition) is 10. The first-order chi connectivity index (χ1) is 19.4. The Bertz CT molecular complexity index is 1710. The van der Waals surface area contributed by atoms with E-state index in [9.17, 15) is 32.9 Å². The summed E-state index contributed by atoms with van der Waals surface area (Å²) < 4.78 is 37.1. The van der Waals surface area contributed by atoms with Crippen molar-refractivity contribution in [3.05, 3.63) is 90.4 Å². The molecule has 4 rings (SSSR count). The molecule has 3 aromatic rings. The Kier molecular flexibility index (Phi) is 8.98. The van der Waals surface area contributed by atoms with E-state index in [1.165, 1.54) is 50.4 Å². The average molecular weight is 709 g/mol. The summed E-state index contributed by atoms with van der Waals surface area (Å²) in [4.78, 5) is 48.7. The number of nitrogens with one attached hydrogen (secondary N) is 1. The molecule has 0 bridgehead atoms. The highest BCUT2D eigenvalue weighted by Gasteiger charge is 2.36. The van der Waals surface area contributed by atoms with Crippen LogP contribution in [0.25, 0.3) is 6.08 Å².